The van der Waals surface area contributed by atoms with E-state index in [0.717, 1.165) is 5.56 Å². The quantitative estimate of drug-likeness (QED) is 0.723. The summed E-state index contributed by atoms with van der Waals surface area (Å²) in [6.45, 7) is 0.344. The molecule has 1 aliphatic rings. The molecule has 0 saturated carbocycles. The second kappa shape index (κ2) is 8.94. The van der Waals surface area contributed by atoms with Gasteiger partial charge in [0.25, 0.3) is 0 Å². The Bertz CT molecular complexity index is 972. The molecule has 0 unspecified atom stereocenters. The number of carbonyl (C=O) groups excluding carboxylic acids is 1. The molecule has 0 spiro atoms. The smallest absolute Gasteiger partial charge is 0.354 e. The number of rotatable bonds is 5. The van der Waals surface area contributed by atoms with Gasteiger partial charge < -0.3 is 15.5 Å². The van der Waals surface area contributed by atoms with Gasteiger partial charge in [-0.2, -0.15) is 18.4 Å². The lowest BCUT2D eigenvalue weighted by atomic mass is 10.1. The number of anilines is 1. The minimum absolute atomic E-state index is 0.0722. The lowest BCUT2D eigenvalue weighted by molar-refractivity contribution is -0.131. The third-order valence-electron chi connectivity index (χ3n) is 4.52. The van der Waals surface area contributed by atoms with Crippen LogP contribution in [-0.4, -0.2) is 40.2 Å². The molecule has 0 atom stereocenters. The molecule has 0 bridgehead atoms. The van der Waals surface area contributed by atoms with Crippen LogP contribution in [0, 0.1) is 17.1 Å². The van der Waals surface area contributed by atoms with Crippen LogP contribution in [0.2, 0.25) is 0 Å². The highest BCUT2D eigenvalue weighted by Gasteiger charge is 2.27. The number of carbonyl (C=O) groups is 1. The van der Waals surface area contributed by atoms with Gasteiger partial charge in [0.1, 0.15) is 11.9 Å². The summed E-state index contributed by atoms with van der Waals surface area (Å²) in [5.41, 5.74) is 1.83. The van der Waals surface area contributed by atoms with Crippen molar-refractivity contribution in [3.8, 4) is 6.07 Å². The number of aromatic nitrogens is 2. The molecule has 0 saturated heterocycles. The number of benzene rings is 1. The zero-order valence-corrected chi connectivity index (χ0v) is 15.8. The monoisotopic (exact) mass is 422 g/mol. The SMILES string of the molecule is N#Cc1ccc(CNC(=O)N2CCc3cnc(NCCC(F)(F)F)nc3C2)cc1F. The van der Waals surface area contributed by atoms with Gasteiger partial charge in [0, 0.05) is 25.8 Å². The molecule has 2 heterocycles. The van der Waals surface area contributed by atoms with Gasteiger partial charge in [-0.05, 0) is 29.7 Å². The Balaban J connectivity index is 1.57. The molecule has 0 aliphatic carbocycles. The van der Waals surface area contributed by atoms with Crippen LogP contribution >= 0.6 is 0 Å². The van der Waals surface area contributed by atoms with Crippen molar-refractivity contribution in [1.29, 1.82) is 5.26 Å². The molecule has 30 heavy (non-hydrogen) atoms. The molecule has 158 valence electrons. The molecule has 2 N–H and O–H groups in total. The summed E-state index contributed by atoms with van der Waals surface area (Å²) in [4.78, 5) is 22.2. The molecule has 0 fully saturated rings. The Kier molecular flexibility index (Phi) is 6.34. The Labute approximate surface area is 169 Å². The summed E-state index contributed by atoms with van der Waals surface area (Å²) < 4.78 is 50.4. The fourth-order valence-corrected chi connectivity index (χ4v) is 2.93. The molecule has 1 aromatic heterocycles. The number of nitrogens with one attached hydrogen (secondary N) is 2. The van der Waals surface area contributed by atoms with E-state index in [1.165, 1.54) is 17.0 Å². The van der Waals surface area contributed by atoms with E-state index in [2.05, 4.69) is 20.6 Å². The van der Waals surface area contributed by atoms with Crippen LogP contribution in [0.1, 0.15) is 28.8 Å². The van der Waals surface area contributed by atoms with Gasteiger partial charge in [-0.1, -0.05) is 6.07 Å². The second-order valence-corrected chi connectivity index (χ2v) is 6.71. The van der Waals surface area contributed by atoms with Crippen molar-refractivity contribution in [1.82, 2.24) is 20.2 Å². The van der Waals surface area contributed by atoms with E-state index in [9.17, 15) is 22.4 Å². The molecule has 1 aromatic carbocycles. The van der Waals surface area contributed by atoms with Crippen LogP contribution in [-0.2, 0) is 19.5 Å². The molecule has 7 nitrogen and oxygen atoms in total. The first kappa shape index (κ1) is 21.3. The Hall–Kier alpha value is -3.42. The highest BCUT2D eigenvalue weighted by molar-refractivity contribution is 5.74. The van der Waals surface area contributed by atoms with Crippen LogP contribution in [0.25, 0.3) is 0 Å². The molecular weight excluding hydrogens is 404 g/mol. The topological polar surface area (TPSA) is 93.9 Å². The van der Waals surface area contributed by atoms with E-state index >= 15 is 0 Å². The van der Waals surface area contributed by atoms with Crippen LogP contribution in [0.4, 0.5) is 28.3 Å². The van der Waals surface area contributed by atoms with E-state index in [1.54, 1.807) is 18.3 Å². The van der Waals surface area contributed by atoms with Crippen molar-refractivity contribution < 1.29 is 22.4 Å². The largest absolute Gasteiger partial charge is 0.390 e. The number of halogens is 4. The van der Waals surface area contributed by atoms with Crippen LogP contribution < -0.4 is 10.6 Å². The molecule has 0 radical (unpaired) electrons. The van der Waals surface area contributed by atoms with E-state index in [-0.39, 0.29) is 37.2 Å². The first-order valence-electron chi connectivity index (χ1n) is 9.12. The van der Waals surface area contributed by atoms with Crippen LogP contribution in [0.15, 0.2) is 24.4 Å². The number of nitriles is 1. The highest BCUT2D eigenvalue weighted by Crippen LogP contribution is 2.20. The third kappa shape index (κ3) is 5.56. The summed E-state index contributed by atoms with van der Waals surface area (Å²) in [6.07, 6.45) is -3.21. The summed E-state index contributed by atoms with van der Waals surface area (Å²) in [5.74, 6) is -0.577. The Morgan fingerprint density at radius 2 is 2.13 bits per heavy atom. The standard InChI is InChI=1S/C19H18F4N6O/c20-15-7-12(1-2-13(15)8-24)9-27-18(30)29-6-3-14-10-26-17(28-16(14)11-29)25-5-4-19(21,22)23/h1-2,7,10H,3-6,9,11H2,(H,27,30)(H,25,26,28). The van der Waals surface area contributed by atoms with Gasteiger partial charge in [0.15, 0.2) is 0 Å². The summed E-state index contributed by atoms with van der Waals surface area (Å²) >= 11 is 0. The summed E-state index contributed by atoms with van der Waals surface area (Å²) in [6, 6.07) is 5.44. The number of hydrogen-bond acceptors (Lipinski definition) is 5. The molecule has 2 amide bonds. The first-order valence-corrected chi connectivity index (χ1v) is 9.12. The summed E-state index contributed by atoms with van der Waals surface area (Å²) in [5, 5.41) is 14.0. The fourth-order valence-electron chi connectivity index (χ4n) is 2.93. The van der Waals surface area contributed by atoms with Crippen LogP contribution in [0.3, 0.4) is 0 Å². The maximum Gasteiger partial charge on any atom is 0.390 e. The third-order valence-corrected chi connectivity index (χ3v) is 4.52. The van der Waals surface area contributed by atoms with Crippen molar-refractivity contribution in [2.24, 2.45) is 0 Å². The highest BCUT2D eigenvalue weighted by atomic mass is 19.4. The van der Waals surface area contributed by atoms with Crippen molar-refractivity contribution in [3.05, 3.63) is 52.6 Å². The van der Waals surface area contributed by atoms with Gasteiger partial charge in [0.2, 0.25) is 5.95 Å². The number of alkyl halides is 3. The van der Waals surface area contributed by atoms with Gasteiger partial charge in [-0.25, -0.2) is 19.2 Å². The molecule has 3 rings (SSSR count). The van der Waals surface area contributed by atoms with E-state index < -0.39 is 18.4 Å². The average Bonchev–Trinajstić information content (AvgIpc) is 2.70. The normalized spacial score (nSPS) is 13.4. The lowest BCUT2D eigenvalue weighted by Gasteiger charge is -2.28. The number of hydrogen-bond donors (Lipinski definition) is 2. The predicted octanol–water partition coefficient (Wildman–Crippen LogP) is 3.12. The van der Waals surface area contributed by atoms with Crippen molar-refractivity contribution >= 4 is 12.0 Å². The molecule has 11 heteroatoms. The molecular formula is C19H18F4N6O. The lowest BCUT2D eigenvalue weighted by Crippen LogP contribution is -2.42. The number of fused-ring (bicyclic) bond motifs is 1. The van der Waals surface area contributed by atoms with Crippen LogP contribution in [0.5, 0.6) is 0 Å². The maximum atomic E-state index is 13.7. The van der Waals surface area contributed by atoms with Crippen molar-refractivity contribution in [2.75, 3.05) is 18.4 Å². The zero-order valence-electron chi connectivity index (χ0n) is 15.8. The van der Waals surface area contributed by atoms with Gasteiger partial charge in [-0.15, -0.1) is 0 Å². The predicted molar refractivity (Wildman–Crippen MR) is 98.7 cm³/mol. The minimum Gasteiger partial charge on any atom is -0.354 e. The number of urea groups is 1. The van der Waals surface area contributed by atoms with Gasteiger partial charge in [-0.3, -0.25) is 0 Å². The van der Waals surface area contributed by atoms with E-state index in [0.29, 0.717) is 24.2 Å². The number of nitrogens with zero attached hydrogens (tertiary/aromatic N) is 4. The Morgan fingerprint density at radius 3 is 2.83 bits per heavy atom. The minimum atomic E-state index is -4.27. The Morgan fingerprint density at radius 1 is 1.33 bits per heavy atom. The van der Waals surface area contributed by atoms with E-state index in [1.807, 2.05) is 0 Å². The first-order chi connectivity index (χ1) is 14.2. The van der Waals surface area contributed by atoms with Crippen molar-refractivity contribution in [2.45, 2.75) is 32.1 Å². The zero-order chi connectivity index (χ0) is 21.7. The molecule has 1 aliphatic heterocycles. The average molecular weight is 422 g/mol. The van der Waals surface area contributed by atoms with Gasteiger partial charge in [0.05, 0.1) is 24.2 Å². The van der Waals surface area contributed by atoms with E-state index in [4.69, 9.17) is 5.26 Å². The second-order valence-electron chi connectivity index (χ2n) is 6.71. The summed E-state index contributed by atoms with van der Waals surface area (Å²) in [7, 11) is 0. The van der Waals surface area contributed by atoms with Gasteiger partial charge >= 0.3 is 12.2 Å². The molecule has 2 aromatic rings. The van der Waals surface area contributed by atoms with Crippen molar-refractivity contribution in [3.63, 3.8) is 0 Å². The number of amides is 2. The fraction of sp³-hybridized carbons (Fsp3) is 0.368. The maximum absolute atomic E-state index is 13.7.